The van der Waals surface area contributed by atoms with Gasteiger partial charge in [0, 0.05) is 17.9 Å². The third-order valence-corrected chi connectivity index (χ3v) is 4.38. The standard InChI is InChI=1S/C14H20N2OS/c1-14(2)9-16-13(18-10-14)15-8-11-6-4-5-7-12(11)17-3/h4-7H,8-10H2,1-3H3,(H,15,16). The van der Waals surface area contributed by atoms with Crippen LogP contribution in [-0.2, 0) is 6.54 Å². The van der Waals surface area contributed by atoms with Gasteiger partial charge in [-0.2, -0.15) is 0 Å². The van der Waals surface area contributed by atoms with Gasteiger partial charge in [0.15, 0.2) is 5.17 Å². The summed E-state index contributed by atoms with van der Waals surface area (Å²) in [5, 5.41) is 4.43. The maximum atomic E-state index is 5.32. The molecule has 18 heavy (non-hydrogen) atoms. The zero-order chi connectivity index (χ0) is 13.0. The van der Waals surface area contributed by atoms with Crippen molar-refractivity contribution in [3.05, 3.63) is 29.8 Å². The molecule has 0 bridgehead atoms. The third-order valence-electron chi connectivity index (χ3n) is 2.90. The summed E-state index contributed by atoms with van der Waals surface area (Å²) < 4.78 is 5.32. The van der Waals surface area contributed by atoms with E-state index >= 15 is 0 Å². The van der Waals surface area contributed by atoms with Crippen LogP contribution in [0.1, 0.15) is 19.4 Å². The first-order chi connectivity index (χ1) is 8.61. The summed E-state index contributed by atoms with van der Waals surface area (Å²) in [6.07, 6.45) is 0. The predicted molar refractivity (Wildman–Crippen MR) is 78.4 cm³/mol. The van der Waals surface area contributed by atoms with Crippen molar-refractivity contribution in [3.63, 3.8) is 0 Å². The Balaban J connectivity index is 1.99. The molecule has 0 spiro atoms. The monoisotopic (exact) mass is 264 g/mol. The molecule has 0 atom stereocenters. The first-order valence-electron chi connectivity index (χ1n) is 6.14. The van der Waals surface area contributed by atoms with Gasteiger partial charge in [0.25, 0.3) is 0 Å². The second kappa shape index (κ2) is 5.65. The number of hydrogen-bond donors (Lipinski definition) is 1. The Hall–Kier alpha value is -1.16. The van der Waals surface area contributed by atoms with Gasteiger partial charge in [0.1, 0.15) is 5.75 Å². The number of hydrogen-bond acceptors (Lipinski definition) is 3. The highest BCUT2D eigenvalue weighted by Crippen LogP contribution is 2.26. The van der Waals surface area contributed by atoms with Crippen LogP contribution in [0.4, 0.5) is 0 Å². The predicted octanol–water partition coefficient (Wildman–Crippen LogP) is 2.91. The fourth-order valence-electron chi connectivity index (χ4n) is 1.77. The second-order valence-corrected chi connectivity index (χ2v) is 6.20. The van der Waals surface area contributed by atoms with Crippen LogP contribution in [0.5, 0.6) is 5.75 Å². The second-order valence-electron chi connectivity index (χ2n) is 5.24. The van der Waals surface area contributed by atoms with E-state index in [1.54, 1.807) is 18.9 Å². The average molecular weight is 264 g/mol. The van der Waals surface area contributed by atoms with Gasteiger partial charge in [-0.1, -0.05) is 43.8 Å². The number of ether oxygens (including phenoxy) is 1. The van der Waals surface area contributed by atoms with Crippen LogP contribution >= 0.6 is 11.8 Å². The zero-order valence-corrected chi connectivity index (χ0v) is 12.0. The van der Waals surface area contributed by atoms with E-state index < -0.39 is 0 Å². The van der Waals surface area contributed by atoms with Crippen molar-refractivity contribution in [1.82, 2.24) is 5.32 Å². The first kappa shape index (κ1) is 13.3. The van der Waals surface area contributed by atoms with E-state index in [0.717, 1.165) is 28.8 Å². The van der Waals surface area contributed by atoms with E-state index in [9.17, 15) is 0 Å². The van der Waals surface area contributed by atoms with Gasteiger partial charge in [0.2, 0.25) is 0 Å². The number of benzene rings is 1. The third kappa shape index (κ3) is 3.42. The first-order valence-corrected chi connectivity index (χ1v) is 7.12. The summed E-state index contributed by atoms with van der Waals surface area (Å²) in [6, 6.07) is 8.02. The van der Waals surface area contributed by atoms with Crippen LogP contribution in [-0.4, -0.2) is 24.6 Å². The van der Waals surface area contributed by atoms with Crippen LogP contribution in [0.15, 0.2) is 29.3 Å². The van der Waals surface area contributed by atoms with Gasteiger partial charge in [0.05, 0.1) is 13.7 Å². The lowest BCUT2D eigenvalue weighted by Crippen LogP contribution is -2.39. The summed E-state index contributed by atoms with van der Waals surface area (Å²) in [7, 11) is 1.70. The minimum atomic E-state index is 0.355. The molecule has 0 amide bonds. The molecule has 0 radical (unpaired) electrons. The molecule has 1 saturated heterocycles. The van der Waals surface area contributed by atoms with E-state index in [-0.39, 0.29) is 0 Å². The number of para-hydroxylation sites is 1. The van der Waals surface area contributed by atoms with Crippen molar-refractivity contribution in [2.75, 3.05) is 19.4 Å². The molecule has 4 heteroatoms. The smallest absolute Gasteiger partial charge is 0.156 e. The van der Waals surface area contributed by atoms with Crippen LogP contribution in [0.2, 0.25) is 0 Å². The van der Waals surface area contributed by atoms with E-state index in [4.69, 9.17) is 4.74 Å². The normalized spacial score (nSPS) is 20.5. The SMILES string of the molecule is COc1ccccc1C/N=C1/NCC(C)(C)CS1. The lowest BCUT2D eigenvalue weighted by molar-refractivity contribution is 0.409. The number of nitrogens with zero attached hydrogens (tertiary/aromatic N) is 1. The van der Waals surface area contributed by atoms with Gasteiger partial charge >= 0.3 is 0 Å². The van der Waals surface area contributed by atoms with E-state index in [0.29, 0.717) is 12.0 Å². The van der Waals surface area contributed by atoms with Crippen molar-refractivity contribution in [1.29, 1.82) is 0 Å². The Bertz CT molecular complexity index is 431. The average Bonchev–Trinajstić information content (AvgIpc) is 2.38. The molecule has 1 N–H and O–H groups in total. The number of aliphatic imine (C=N–C) groups is 1. The number of amidine groups is 1. The highest BCUT2D eigenvalue weighted by molar-refractivity contribution is 8.13. The van der Waals surface area contributed by atoms with Gasteiger partial charge in [-0.15, -0.1) is 0 Å². The zero-order valence-electron chi connectivity index (χ0n) is 11.2. The molecule has 1 aliphatic heterocycles. The fraction of sp³-hybridized carbons (Fsp3) is 0.500. The molecule has 3 nitrogen and oxygen atoms in total. The number of nitrogens with one attached hydrogen (secondary N) is 1. The van der Waals surface area contributed by atoms with Crippen molar-refractivity contribution >= 4 is 16.9 Å². The molecule has 1 aromatic rings. The van der Waals surface area contributed by atoms with Gasteiger partial charge in [-0.05, 0) is 11.5 Å². The molecule has 0 unspecified atom stereocenters. The van der Waals surface area contributed by atoms with E-state index in [1.165, 1.54) is 0 Å². The van der Waals surface area contributed by atoms with Crippen molar-refractivity contribution < 1.29 is 4.74 Å². The topological polar surface area (TPSA) is 33.6 Å². The Kier molecular flexibility index (Phi) is 4.17. The Labute approximate surface area is 113 Å². The Morgan fingerprint density at radius 3 is 2.83 bits per heavy atom. The largest absolute Gasteiger partial charge is 0.496 e. The summed E-state index contributed by atoms with van der Waals surface area (Å²) in [6.45, 7) is 6.19. The van der Waals surface area contributed by atoms with E-state index in [2.05, 4.69) is 30.2 Å². The summed E-state index contributed by atoms with van der Waals surface area (Å²) >= 11 is 1.80. The van der Waals surface area contributed by atoms with E-state index in [1.807, 2.05) is 18.2 Å². The fourth-order valence-corrected chi connectivity index (χ4v) is 2.73. The van der Waals surface area contributed by atoms with Crippen molar-refractivity contribution in [2.45, 2.75) is 20.4 Å². The molecule has 0 aromatic heterocycles. The quantitative estimate of drug-likeness (QED) is 0.911. The number of methoxy groups -OCH3 is 1. The maximum Gasteiger partial charge on any atom is 0.156 e. The summed E-state index contributed by atoms with van der Waals surface area (Å²) in [5.41, 5.74) is 1.48. The molecule has 0 aliphatic carbocycles. The van der Waals surface area contributed by atoms with Crippen molar-refractivity contribution in [3.8, 4) is 5.75 Å². The molecule has 1 aromatic carbocycles. The number of thioether (sulfide) groups is 1. The van der Waals surface area contributed by atoms with Gasteiger partial charge in [-0.3, -0.25) is 4.99 Å². The molecular formula is C14H20N2OS. The minimum Gasteiger partial charge on any atom is -0.496 e. The van der Waals surface area contributed by atoms with Gasteiger partial charge < -0.3 is 10.1 Å². The van der Waals surface area contributed by atoms with Gasteiger partial charge in [-0.25, -0.2) is 0 Å². The summed E-state index contributed by atoms with van der Waals surface area (Å²) in [5.74, 6) is 2.02. The number of rotatable bonds is 3. The van der Waals surface area contributed by atoms with Crippen LogP contribution < -0.4 is 10.1 Å². The summed E-state index contributed by atoms with van der Waals surface area (Å²) in [4.78, 5) is 4.62. The van der Waals surface area contributed by atoms with Crippen LogP contribution in [0.25, 0.3) is 0 Å². The molecule has 0 saturated carbocycles. The van der Waals surface area contributed by atoms with Crippen LogP contribution in [0, 0.1) is 5.41 Å². The molecule has 1 aliphatic rings. The minimum absolute atomic E-state index is 0.355. The Morgan fingerprint density at radius 2 is 2.17 bits per heavy atom. The Morgan fingerprint density at radius 1 is 1.39 bits per heavy atom. The van der Waals surface area contributed by atoms with Crippen LogP contribution in [0.3, 0.4) is 0 Å². The molecule has 1 heterocycles. The molecule has 98 valence electrons. The molecule has 2 rings (SSSR count). The lowest BCUT2D eigenvalue weighted by atomic mass is 9.96. The molecular weight excluding hydrogens is 244 g/mol. The molecule has 1 fully saturated rings. The highest BCUT2D eigenvalue weighted by atomic mass is 32.2. The maximum absolute atomic E-state index is 5.32. The highest BCUT2D eigenvalue weighted by Gasteiger charge is 2.24. The van der Waals surface area contributed by atoms with Crippen molar-refractivity contribution in [2.24, 2.45) is 10.4 Å². The lowest BCUT2D eigenvalue weighted by Gasteiger charge is -2.30.